The molecule has 1 aromatic rings. The van der Waals surface area contributed by atoms with E-state index in [4.69, 9.17) is 4.74 Å². The van der Waals surface area contributed by atoms with Crippen molar-refractivity contribution in [3.63, 3.8) is 0 Å². The van der Waals surface area contributed by atoms with Gasteiger partial charge in [-0.15, -0.1) is 0 Å². The molecule has 1 heterocycles. The van der Waals surface area contributed by atoms with Crippen molar-refractivity contribution in [2.24, 2.45) is 5.92 Å². The molecule has 0 spiro atoms. The Morgan fingerprint density at radius 2 is 2.24 bits per heavy atom. The third kappa shape index (κ3) is 3.35. The maximum atomic E-state index is 12.2. The predicted molar refractivity (Wildman–Crippen MR) is 77.8 cm³/mol. The highest BCUT2D eigenvalue weighted by Gasteiger charge is 2.40. The molecule has 0 unspecified atom stereocenters. The minimum Gasteiger partial charge on any atom is -0.486 e. The second kappa shape index (κ2) is 6.02. The minimum absolute atomic E-state index is 0.141. The van der Waals surface area contributed by atoms with Gasteiger partial charge in [-0.05, 0) is 43.7 Å². The van der Waals surface area contributed by atoms with Crippen LogP contribution in [0, 0.1) is 5.92 Å². The number of carbonyl (C=O) groups excluding carboxylic acids is 1. The molecule has 2 fully saturated rings. The van der Waals surface area contributed by atoms with Gasteiger partial charge in [-0.25, -0.2) is 0 Å². The Morgan fingerprint density at radius 3 is 2.90 bits per heavy atom. The summed E-state index contributed by atoms with van der Waals surface area (Å²) >= 11 is 0. The second-order valence-electron chi connectivity index (χ2n) is 6.13. The highest BCUT2D eigenvalue weighted by Crippen LogP contribution is 2.34. The highest BCUT2D eigenvalue weighted by atomic mass is 16.5. The smallest absolute Gasteiger partial charge is 0.222 e. The molecule has 3 atom stereocenters. The number of amides is 1. The predicted octanol–water partition coefficient (Wildman–Crippen LogP) is 1.61. The number of nitrogens with zero attached hydrogens (tertiary/aromatic N) is 2. The first-order valence-corrected chi connectivity index (χ1v) is 7.65. The lowest BCUT2D eigenvalue weighted by atomic mass is 10.1. The zero-order chi connectivity index (χ0) is 14.8. The van der Waals surface area contributed by atoms with Crippen molar-refractivity contribution in [2.45, 2.75) is 50.4 Å². The van der Waals surface area contributed by atoms with E-state index in [2.05, 4.69) is 4.98 Å². The van der Waals surface area contributed by atoms with Crippen LogP contribution in [0.2, 0.25) is 0 Å². The fraction of sp³-hybridized carbons (Fsp3) is 0.625. The van der Waals surface area contributed by atoms with Gasteiger partial charge >= 0.3 is 0 Å². The number of aliphatic hydroxyl groups excluding tert-OH is 1. The molecule has 3 rings (SSSR count). The number of hydrogen-bond acceptors (Lipinski definition) is 4. The zero-order valence-electron chi connectivity index (χ0n) is 12.3. The van der Waals surface area contributed by atoms with Crippen LogP contribution in [0.3, 0.4) is 0 Å². The molecule has 1 amide bonds. The van der Waals surface area contributed by atoms with E-state index >= 15 is 0 Å². The van der Waals surface area contributed by atoms with Crippen LogP contribution in [0.25, 0.3) is 0 Å². The number of rotatable bonds is 5. The molecular weight excluding hydrogens is 268 g/mol. The first-order valence-electron chi connectivity index (χ1n) is 7.65. The van der Waals surface area contributed by atoms with Crippen molar-refractivity contribution in [2.75, 3.05) is 7.05 Å². The van der Waals surface area contributed by atoms with Crippen molar-refractivity contribution < 1.29 is 14.6 Å². The lowest BCUT2D eigenvalue weighted by molar-refractivity contribution is -0.134. The summed E-state index contributed by atoms with van der Waals surface area (Å²) in [5.41, 5.74) is 0. The van der Waals surface area contributed by atoms with E-state index in [1.165, 1.54) is 12.8 Å². The Balaban J connectivity index is 1.57. The lowest BCUT2D eigenvalue weighted by Gasteiger charge is -2.28. The van der Waals surface area contributed by atoms with Crippen LogP contribution in [0.15, 0.2) is 24.5 Å². The minimum atomic E-state index is -0.640. The van der Waals surface area contributed by atoms with Crippen LogP contribution in [-0.4, -0.2) is 46.2 Å². The van der Waals surface area contributed by atoms with E-state index in [1.807, 2.05) is 6.07 Å². The number of pyridine rings is 1. The van der Waals surface area contributed by atoms with E-state index < -0.39 is 6.10 Å². The molecule has 5 nitrogen and oxygen atoms in total. The van der Waals surface area contributed by atoms with Crippen molar-refractivity contribution in [1.82, 2.24) is 9.88 Å². The average Bonchev–Trinajstić information content (AvgIpc) is 3.24. The van der Waals surface area contributed by atoms with Gasteiger partial charge in [0, 0.05) is 19.7 Å². The summed E-state index contributed by atoms with van der Waals surface area (Å²) in [6, 6.07) is 3.49. The summed E-state index contributed by atoms with van der Waals surface area (Å²) in [6.07, 6.45) is 6.90. The van der Waals surface area contributed by atoms with Crippen molar-refractivity contribution >= 4 is 5.91 Å². The largest absolute Gasteiger partial charge is 0.486 e. The highest BCUT2D eigenvalue weighted by molar-refractivity contribution is 5.77. The van der Waals surface area contributed by atoms with Gasteiger partial charge in [-0.2, -0.15) is 0 Å². The normalized spacial score (nSPS) is 28.4. The summed E-state index contributed by atoms with van der Waals surface area (Å²) in [7, 11) is 1.80. The van der Waals surface area contributed by atoms with Gasteiger partial charge in [-0.1, -0.05) is 0 Å². The first-order chi connectivity index (χ1) is 10.1. The Labute approximate surface area is 124 Å². The van der Waals surface area contributed by atoms with Gasteiger partial charge in [0.25, 0.3) is 0 Å². The van der Waals surface area contributed by atoms with Crippen LogP contribution in [0.5, 0.6) is 5.75 Å². The fourth-order valence-electron chi connectivity index (χ4n) is 2.97. The van der Waals surface area contributed by atoms with Gasteiger partial charge in [0.15, 0.2) is 0 Å². The number of likely N-dealkylation sites (N-methyl/N-ethyl adjacent to an activating group) is 1. The zero-order valence-corrected chi connectivity index (χ0v) is 12.3. The van der Waals surface area contributed by atoms with Crippen LogP contribution >= 0.6 is 0 Å². The molecule has 1 aromatic heterocycles. The molecule has 2 aliphatic carbocycles. The van der Waals surface area contributed by atoms with Crippen molar-refractivity contribution in [3.8, 4) is 5.75 Å². The summed E-state index contributed by atoms with van der Waals surface area (Å²) in [4.78, 5) is 17.9. The molecule has 0 bridgehead atoms. The Kier molecular flexibility index (Phi) is 4.10. The molecule has 114 valence electrons. The average molecular weight is 290 g/mol. The molecule has 2 aliphatic rings. The lowest BCUT2D eigenvalue weighted by Crippen LogP contribution is -2.45. The summed E-state index contributed by atoms with van der Waals surface area (Å²) < 4.78 is 5.79. The van der Waals surface area contributed by atoms with Gasteiger partial charge in [0.2, 0.25) is 5.91 Å². The van der Waals surface area contributed by atoms with Gasteiger partial charge < -0.3 is 14.7 Å². The molecule has 1 N–H and O–H groups in total. The number of aromatic nitrogens is 1. The molecule has 0 aliphatic heterocycles. The maximum Gasteiger partial charge on any atom is 0.222 e. The molecular formula is C16H22N2O3. The van der Waals surface area contributed by atoms with Crippen molar-refractivity contribution in [3.05, 3.63) is 24.5 Å². The van der Waals surface area contributed by atoms with Gasteiger partial charge in [0.05, 0.1) is 12.2 Å². The topological polar surface area (TPSA) is 62.7 Å². The standard InChI is InChI=1S/C16H22N2O3/c1-18(15(19)9-11-4-5-11)13-6-7-14(16(13)20)21-12-3-2-8-17-10-12/h2-3,8,10-11,13-14,16,20H,4-7,9H2,1H3/t13-,14-,16-/m1/s1. The van der Waals surface area contributed by atoms with E-state index in [0.29, 0.717) is 18.1 Å². The van der Waals surface area contributed by atoms with E-state index in [0.717, 1.165) is 12.8 Å². The number of hydrogen-bond donors (Lipinski definition) is 1. The maximum absolute atomic E-state index is 12.2. The number of carbonyl (C=O) groups is 1. The Bertz CT molecular complexity index is 490. The summed E-state index contributed by atoms with van der Waals surface area (Å²) in [5.74, 6) is 1.37. The first kappa shape index (κ1) is 14.3. The van der Waals surface area contributed by atoms with Crippen molar-refractivity contribution in [1.29, 1.82) is 0 Å². The van der Waals surface area contributed by atoms with Gasteiger partial charge in [-0.3, -0.25) is 9.78 Å². The third-order valence-electron chi connectivity index (χ3n) is 4.50. The Hall–Kier alpha value is -1.62. The quantitative estimate of drug-likeness (QED) is 0.895. The number of ether oxygens (including phenoxy) is 1. The third-order valence-corrected chi connectivity index (χ3v) is 4.50. The van der Waals surface area contributed by atoms with Gasteiger partial charge in [0.1, 0.15) is 18.0 Å². The summed E-state index contributed by atoms with van der Waals surface area (Å²) in [5, 5.41) is 10.4. The van der Waals surface area contributed by atoms with E-state index in [9.17, 15) is 9.90 Å². The van der Waals surface area contributed by atoms with E-state index in [1.54, 1.807) is 30.4 Å². The molecule has 2 saturated carbocycles. The molecule has 0 saturated heterocycles. The van der Waals surface area contributed by atoms with Crippen LogP contribution in [0.1, 0.15) is 32.1 Å². The molecule has 21 heavy (non-hydrogen) atoms. The number of aliphatic hydroxyl groups is 1. The molecule has 0 radical (unpaired) electrons. The van der Waals surface area contributed by atoms with E-state index in [-0.39, 0.29) is 18.1 Å². The fourth-order valence-corrected chi connectivity index (χ4v) is 2.97. The van der Waals surface area contributed by atoms with Crippen LogP contribution < -0.4 is 4.74 Å². The van der Waals surface area contributed by atoms with Crippen LogP contribution in [-0.2, 0) is 4.79 Å². The molecule has 0 aromatic carbocycles. The SMILES string of the molecule is CN(C(=O)CC1CC1)[C@@H]1CC[C@@H](Oc2cccnc2)[C@@H]1O. The molecule has 5 heteroatoms. The summed E-state index contributed by atoms with van der Waals surface area (Å²) in [6.45, 7) is 0. The second-order valence-corrected chi connectivity index (χ2v) is 6.13. The monoisotopic (exact) mass is 290 g/mol. The Morgan fingerprint density at radius 1 is 1.43 bits per heavy atom. The van der Waals surface area contributed by atoms with Crippen LogP contribution in [0.4, 0.5) is 0 Å².